The fourth-order valence-corrected chi connectivity index (χ4v) is 0.905. The molecule has 2 nitrogen and oxygen atoms in total. The average molecular weight is 123 g/mol. The van der Waals surface area contributed by atoms with Crippen LogP contribution in [0.1, 0.15) is 0 Å². The summed E-state index contributed by atoms with van der Waals surface area (Å²) in [6.45, 7) is 0. The van der Waals surface area contributed by atoms with Gasteiger partial charge >= 0.3 is 0 Å². The van der Waals surface area contributed by atoms with Crippen LogP contribution in [0.3, 0.4) is 0 Å². The van der Waals surface area contributed by atoms with Gasteiger partial charge < -0.3 is 5.73 Å². The third-order valence-corrected chi connectivity index (χ3v) is 1.44. The van der Waals surface area contributed by atoms with E-state index in [1.165, 1.54) is 0 Å². The molecule has 4 heteroatoms. The van der Waals surface area contributed by atoms with Gasteiger partial charge in [0.2, 0.25) is 5.91 Å². The molecule has 0 aromatic heterocycles. The Bertz CT molecular complexity index is 55.5. The molecule has 0 radical (unpaired) electrons. The number of carbonyl (C=O) groups excluding carboxylic acids is 1. The molecule has 0 saturated heterocycles. The first kappa shape index (κ1) is 6.33. The maximum Gasteiger partial charge on any atom is 0.221 e. The Kier molecular flexibility index (Phi) is 3.71. The predicted molar refractivity (Wildman–Crippen MR) is 32.1 cm³/mol. The molecule has 0 rings (SSSR count). The van der Waals surface area contributed by atoms with Crippen LogP contribution in [0, 0.1) is 0 Å². The number of primary amides is 1. The predicted octanol–water partition coefficient (Wildman–Crippen LogP) is -0.0597. The Morgan fingerprint density at radius 1 is 2.00 bits per heavy atom. The van der Waals surface area contributed by atoms with E-state index in [1.807, 2.05) is 0 Å². The summed E-state index contributed by atoms with van der Waals surface area (Å²) in [6, 6.07) is 0. The lowest BCUT2D eigenvalue weighted by Gasteiger charge is -1.81. The van der Waals surface area contributed by atoms with Crippen molar-refractivity contribution in [1.29, 1.82) is 0 Å². The molecule has 0 spiro atoms. The molecule has 0 aliphatic heterocycles. The highest BCUT2D eigenvalue weighted by Gasteiger charge is 1.84. The van der Waals surface area contributed by atoms with Gasteiger partial charge in [-0.15, -0.1) is 8.93 Å². The zero-order valence-corrected chi connectivity index (χ0v) is 5.42. The van der Waals surface area contributed by atoms with Gasteiger partial charge in [0.15, 0.2) is 0 Å². The van der Waals surface area contributed by atoms with Crippen molar-refractivity contribution < 1.29 is 4.79 Å². The van der Waals surface area contributed by atoms with Crippen molar-refractivity contribution in [1.82, 2.24) is 0 Å². The van der Waals surface area contributed by atoms with Crippen LogP contribution in [-0.4, -0.2) is 12.1 Å². The molecule has 2 unspecified atom stereocenters. The van der Waals surface area contributed by atoms with Gasteiger partial charge in [-0.05, 0) is 0 Å². The summed E-state index contributed by atoms with van der Waals surface area (Å²) in [6.07, 6.45) is 0.505. The molecule has 0 aromatic rings. The monoisotopic (exact) mass is 123 g/mol. The number of amides is 1. The normalized spacial score (nSPS) is 10.2. The van der Waals surface area contributed by atoms with Gasteiger partial charge in [0.25, 0.3) is 0 Å². The molecule has 0 fully saturated rings. The molecule has 0 saturated carbocycles. The number of rotatable bonds is 2. The van der Waals surface area contributed by atoms with Crippen LogP contribution >= 0.6 is 17.2 Å². The molecule has 2 atom stereocenters. The fraction of sp³-hybridized carbons (Fsp3) is 0.500. The summed E-state index contributed by atoms with van der Waals surface area (Å²) in [4.78, 5) is 9.82. The maximum absolute atomic E-state index is 9.82. The quantitative estimate of drug-likeness (QED) is 0.513. The topological polar surface area (TPSA) is 43.1 Å². The largest absolute Gasteiger partial charge is 0.369 e. The molecule has 0 aliphatic rings. The molecule has 1 amide bonds. The summed E-state index contributed by atoms with van der Waals surface area (Å²) in [5, 5.41) is 0. The number of carbonyl (C=O) groups is 1. The Morgan fingerprint density at radius 2 is 2.50 bits per heavy atom. The smallest absolute Gasteiger partial charge is 0.221 e. The summed E-state index contributed by atoms with van der Waals surface area (Å²) in [5.74, 6) is -0.219. The van der Waals surface area contributed by atoms with E-state index in [0.29, 0.717) is 14.4 Å². The van der Waals surface area contributed by atoms with Gasteiger partial charge in [-0.2, -0.15) is 0 Å². The van der Waals surface area contributed by atoms with Gasteiger partial charge in [0.05, 0.1) is 0 Å². The highest BCUT2D eigenvalue weighted by molar-refractivity contribution is 8.03. The van der Waals surface area contributed by atoms with E-state index < -0.39 is 0 Å². The minimum Gasteiger partial charge on any atom is -0.369 e. The van der Waals surface area contributed by atoms with E-state index >= 15 is 0 Å². The van der Waals surface area contributed by atoms with Crippen LogP contribution in [0.25, 0.3) is 0 Å². The van der Waals surface area contributed by atoms with Gasteiger partial charge in [0.1, 0.15) is 0 Å². The summed E-state index contributed by atoms with van der Waals surface area (Å²) in [7, 11) is 3.03. The zero-order valence-electron chi connectivity index (χ0n) is 3.27. The lowest BCUT2D eigenvalue weighted by molar-refractivity contribution is -0.115. The van der Waals surface area contributed by atoms with E-state index in [-0.39, 0.29) is 5.91 Å². The molecular formula is C2H7NOP2. The van der Waals surface area contributed by atoms with Crippen LogP contribution in [0.2, 0.25) is 0 Å². The van der Waals surface area contributed by atoms with Crippen LogP contribution in [0.4, 0.5) is 0 Å². The van der Waals surface area contributed by atoms with Gasteiger partial charge in [0, 0.05) is 6.16 Å². The second kappa shape index (κ2) is 3.52. The van der Waals surface area contributed by atoms with Crippen molar-refractivity contribution >= 4 is 23.1 Å². The Labute approximate surface area is 40.7 Å². The molecule has 0 bridgehead atoms. The summed E-state index contributed by atoms with van der Waals surface area (Å²) in [5.41, 5.74) is 4.76. The first-order valence-electron chi connectivity index (χ1n) is 1.49. The Morgan fingerprint density at radius 3 is 2.50 bits per heavy atom. The molecule has 6 heavy (non-hydrogen) atoms. The average Bonchev–Trinajstić information content (AvgIpc) is 1.35. The van der Waals surface area contributed by atoms with Crippen molar-refractivity contribution in [3.8, 4) is 0 Å². The van der Waals surface area contributed by atoms with Gasteiger partial charge in [-0.1, -0.05) is 8.27 Å². The Hall–Kier alpha value is 0.330. The molecule has 2 N–H and O–H groups in total. The van der Waals surface area contributed by atoms with E-state index in [9.17, 15) is 4.79 Å². The van der Waals surface area contributed by atoms with Crippen LogP contribution < -0.4 is 5.73 Å². The minimum absolute atomic E-state index is 0.219. The van der Waals surface area contributed by atoms with Crippen molar-refractivity contribution in [3.63, 3.8) is 0 Å². The number of hydrogen-bond donors (Lipinski definition) is 1. The third-order valence-electron chi connectivity index (χ3n) is 0.276. The van der Waals surface area contributed by atoms with Crippen molar-refractivity contribution in [2.75, 3.05) is 6.16 Å². The van der Waals surface area contributed by atoms with Crippen molar-refractivity contribution in [2.45, 2.75) is 0 Å². The summed E-state index contributed by atoms with van der Waals surface area (Å²) < 4.78 is 0. The van der Waals surface area contributed by atoms with Crippen LogP contribution in [0.5, 0.6) is 0 Å². The zero-order chi connectivity index (χ0) is 4.99. The second-order valence-corrected chi connectivity index (χ2v) is 2.83. The van der Waals surface area contributed by atoms with E-state index in [1.54, 1.807) is 0 Å². The number of nitrogens with two attached hydrogens (primary N) is 1. The van der Waals surface area contributed by atoms with Gasteiger partial charge in [-0.3, -0.25) is 4.79 Å². The first-order chi connectivity index (χ1) is 2.77. The molecule has 36 valence electrons. The standard InChI is InChI=1S/C2H7NOP2/c3-2(4)1-6-5/h6H,1,5H2,(H2,3,4). The summed E-state index contributed by atoms with van der Waals surface area (Å²) >= 11 is 0. The highest BCUT2D eigenvalue weighted by Crippen LogP contribution is 2.17. The molecule has 0 aliphatic carbocycles. The van der Waals surface area contributed by atoms with Crippen LogP contribution in [0.15, 0.2) is 0 Å². The maximum atomic E-state index is 9.82. The van der Waals surface area contributed by atoms with Crippen LogP contribution in [-0.2, 0) is 4.79 Å². The minimum atomic E-state index is -0.219. The first-order valence-corrected chi connectivity index (χ1v) is 4.51. The SMILES string of the molecule is NC(=O)CPP. The lowest BCUT2D eigenvalue weighted by atomic mass is 10.8. The Balaban J connectivity index is 2.83. The highest BCUT2D eigenvalue weighted by atomic mass is 32.0. The van der Waals surface area contributed by atoms with Gasteiger partial charge in [-0.25, -0.2) is 0 Å². The second-order valence-electron chi connectivity index (χ2n) is 0.847. The molecule has 0 heterocycles. The van der Waals surface area contributed by atoms with Crippen molar-refractivity contribution in [2.24, 2.45) is 5.73 Å². The third kappa shape index (κ3) is 4.33. The van der Waals surface area contributed by atoms with E-state index in [0.717, 1.165) is 0 Å². The molecule has 0 aromatic carbocycles. The fourth-order valence-electron chi connectivity index (χ4n) is 0.101. The van der Waals surface area contributed by atoms with Crippen molar-refractivity contribution in [3.05, 3.63) is 0 Å². The lowest BCUT2D eigenvalue weighted by Crippen LogP contribution is -2.11. The van der Waals surface area contributed by atoms with E-state index in [4.69, 9.17) is 5.73 Å². The van der Waals surface area contributed by atoms with E-state index in [2.05, 4.69) is 8.93 Å². The molecular weight excluding hydrogens is 116 g/mol. The number of hydrogen-bond acceptors (Lipinski definition) is 1.